The number of aromatic carboxylic acids is 1. The van der Waals surface area contributed by atoms with E-state index in [1.807, 2.05) is 0 Å². The first kappa shape index (κ1) is 14.3. The standard InChI is InChI=1S/C9H11NO5S.Li/c11-9(12)7-4-5-8(15-7)16(13,14)10-6-2-1-3-6;/h4-6,10H,1-3H2,(H,11,12);/q;+1/p-1. The van der Waals surface area contributed by atoms with Gasteiger partial charge in [0.05, 0.1) is 0 Å². The van der Waals surface area contributed by atoms with Gasteiger partial charge < -0.3 is 14.3 Å². The maximum atomic E-state index is 11.7. The van der Waals surface area contributed by atoms with Crippen LogP contribution in [0.4, 0.5) is 0 Å². The Labute approximate surface area is 111 Å². The van der Waals surface area contributed by atoms with E-state index in [2.05, 4.69) is 9.14 Å². The van der Waals surface area contributed by atoms with Crippen LogP contribution in [0.25, 0.3) is 0 Å². The van der Waals surface area contributed by atoms with Crippen molar-refractivity contribution in [2.75, 3.05) is 0 Å². The summed E-state index contributed by atoms with van der Waals surface area (Å²) >= 11 is 0. The molecule has 1 saturated carbocycles. The van der Waals surface area contributed by atoms with Crippen molar-refractivity contribution in [1.29, 1.82) is 0 Å². The SMILES string of the molecule is O=C([O-])c1ccc(S(=O)(=O)NC2CCC2)o1.[Li+]. The van der Waals surface area contributed by atoms with Gasteiger partial charge in [-0.25, -0.2) is 13.1 Å². The zero-order chi connectivity index (χ0) is 11.8. The van der Waals surface area contributed by atoms with Crippen LogP contribution in [0.1, 0.15) is 29.8 Å². The number of hydrogen-bond acceptors (Lipinski definition) is 5. The summed E-state index contributed by atoms with van der Waals surface area (Å²) in [6, 6.07) is 2.10. The summed E-state index contributed by atoms with van der Waals surface area (Å²) in [5, 5.41) is 10.0. The minimum absolute atomic E-state index is 0. The fraction of sp³-hybridized carbons (Fsp3) is 0.444. The second-order valence-electron chi connectivity index (χ2n) is 3.66. The fourth-order valence-electron chi connectivity index (χ4n) is 1.38. The van der Waals surface area contributed by atoms with Crippen molar-refractivity contribution in [1.82, 2.24) is 4.72 Å². The van der Waals surface area contributed by atoms with Crippen molar-refractivity contribution in [3.63, 3.8) is 0 Å². The van der Waals surface area contributed by atoms with E-state index in [0.29, 0.717) is 0 Å². The molecule has 0 saturated heterocycles. The zero-order valence-electron chi connectivity index (χ0n) is 9.30. The number of carbonyl (C=O) groups excluding carboxylic acids is 1. The minimum atomic E-state index is -3.74. The summed E-state index contributed by atoms with van der Waals surface area (Å²) in [5.74, 6) is -2.03. The van der Waals surface area contributed by atoms with Crippen molar-refractivity contribution < 1.29 is 41.6 Å². The number of furan rings is 1. The van der Waals surface area contributed by atoms with Crippen LogP contribution in [0.5, 0.6) is 0 Å². The second kappa shape index (κ2) is 5.27. The predicted octanol–water partition coefficient (Wildman–Crippen LogP) is -3.52. The second-order valence-corrected chi connectivity index (χ2v) is 5.30. The van der Waals surface area contributed by atoms with Crippen LogP contribution >= 0.6 is 0 Å². The fourth-order valence-corrected chi connectivity index (χ4v) is 2.62. The normalized spacial score (nSPS) is 16.0. The molecule has 1 aromatic rings. The predicted molar refractivity (Wildman–Crippen MR) is 51.0 cm³/mol. The van der Waals surface area contributed by atoms with Crippen LogP contribution in [-0.4, -0.2) is 20.4 Å². The monoisotopic (exact) mass is 251 g/mol. The Bertz CT molecular complexity index is 505. The molecule has 1 aromatic heterocycles. The van der Waals surface area contributed by atoms with Gasteiger partial charge >= 0.3 is 18.9 Å². The Hall–Kier alpha value is -0.743. The van der Waals surface area contributed by atoms with Gasteiger partial charge in [0.2, 0.25) is 5.09 Å². The van der Waals surface area contributed by atoms with Crippen molar-refractivity contribution in [2.45, 2.75) is 30.4 Å². The van der Waals surface area contributed by atoms with Gasteiger partial charge in [-0.05, 0) is 25.0 Å². The van der Waals surface area contributed by atoms with Gasteiger partial charge in [-0.2, -0.15) is 0 Å². The van der Waals surface area contributed by atoms with E-state index in [4.69, 9.17) is 0 Å². The average molecular weight is 251 g/mol. The summed E-state index contributed by atoms with van der Waals surface area (Å²) in [6.07, 6.45) is 2.59. The van der Waals surface area contributed by atoms with E-state index in [1.54, 1.807) is 0 Å². The van der Waals surface area contributed by atoms with Gasteiger partial charge in [-0.15, -0.1) is 0 Å². The molecule has 0 aliphatic heterocycles. The molecule has 0 aromatic carbocycles. The molecule has 0 unspecified atom stereocenters. The number of rotatable bonds is 4. The van der Waals surface area contributed by atoms with Crippen molar-refractivity contribution >= 4 is 16.0 Å². The molecule has 1 heterocycles. The van der Waals surface area contributed by atoms with E-state index in [-0.39, 0.29) is 24.9 Å². The Morgan fingerprint density at radius 2 is 2.06 bits per heavy atom. The molecule has 0 radical (unpaired) electrons. The summed E-state index contributed by atoms with van der Waals surface area (Å²) < 4.78 is 30.4. The first-order valence-electron chi connectivity index (χ1n) is 4.82. The van der Waals surface area contributed by atoms with Crippen LogP contribution in [0.2, 0.25) is 0 Å². The molecular formula is C9H10LiNO5S. The van der Waals surface area contributed by atoms with Gasteiger partial charge in [0.1, 0.15) is 5.97 Å². The van der Waals surface area contributed by atoms with Crippen molar-refractivity contribution in [3.8, 4) is 0 Å². The van der Waals surface area contributed by atoms with E-state index < -0.39 is 26.8 Å². The molecule has 0 amide bonds. The zero-order valence-corrected chi connectivity index (χ0v) is 10.1. The number of nitrogens with one attached hydrogen (secondary N) is 1. The molecule has 1 N–H and O–H groups in total. The number of sulfonamides is 1. The molecule has 0 bridgehead atoms. The van der Waals surface area contributed by atoms with E-state index in [9.17, 15) is 18.3 Å². The molecular weight excluding hydrogens is 241 g/mol. The Morgan fingerprint density at radius 3 is 2.47 bits per heavy atom. The molecule has 6 nitrogen and oxygen atoms in total. The molecule has 17 heavy (non-hydrogen) atoms. The Balaban J connectivity index is 0.00000144. The van der Waals surface area contributed by atoms with Crippen molar-refractivity contribution in [3.05, 3.63) is 17.9 Å². The molecule has 1 aliphatic carbocycles. The molecule has 0 atom stereocenters. The van der Waals surface area contributed by atoms with Crippen molar-refractivity contribution in [2.24, 2.45) is 0 Å². The van der Waals surface area contributed by atoms with Gasteiger partial charge in [0, 0.05) is 6.04 Å². The van der Waals surface area contributed by atoms with E-state index >= 15 is 0 Å². The summed E-state index contributed by atoms with van der Waals surface area (Å²) in [4.78, 5) is 10.4. The number of carboxylic acids is 1. The first-order chi connectivity index (χ1) is 7.49. The minimum Gasteiger partial charge on any atom is -0.542 e. The van der Waals surface area contributed by atoms with Crippen LogP contribution in [0.3, 0.4) is 0 Å². The Kier molecular flexibility index (Phi) is 4.44. The Morgan fingerprint density at radius 1 is 1.41 bits per heavy atom. The molecule has 88 valence electrons. The summed E-state index contributed by atoms with van der Waals surface area (Å²) in [5.41, 5.74) is 0. The molecule has 1 aliphatic rings. The van der Waals surface area contributed by atoms with Gasteiger partial charge in [0.15, 0.2) is 5.76 Å². The molecule has 1 fully saturated rings. The van der Waals surface area contributed by atoms with Gasteiger partial charge in [0.25, 0.3) is 10.0 Å². The largest absolute Gasteiger partial charge is 1.00 e. The number of carbonyl (C=O) groups is 1. The van der Waals surface area contributed by atoms with E-state index in [0.717, 1.165) is 31.4 Å². The van der Waals surface area contributed by atoms with Gasteiger partial charge in [-0.1, -0.05) is 6.42 Å². The molecule has 8 heteroatoms. The quantitative estimate of drug-likeness (QED) is 0.559. The van der Waals surface area contributed by atoms with Crippen LogP contribution in [-0.2, 0) is 10.0 Å². The number of hydrogen-bond donors (Lipinski definition) is 1. The molecule has 2 rings (SSSR count). The first-order valence-corrected chi connectivity index (χ1v) is 6.31. The van der Waals surface area contributed by atoms with Crippen LogP contribution in [0.15, 0.2) is 21.6 Å². The third-order valence-electron chi connectivity index (χ3n) is 2.47. The smallest absolute Gasteiger partial charge is 0.542 e. The summed E-state index contributed by atoms with van der Waals surface area (Å²) in [7, 11) is -3.74. The number of carboxylic acid groups (broad SMARTS) is 1. The topological polar surface area (TPSA) is 99.4 Å². The van der Waals surface area contributed by atoms with Gasteiger partial charge in [-0.3, -0.25) is 0 Å². The maximum absolute atomic E-state index is 11.7. The summed E-state index contributed by atoms with van der Waals surface area (Å²) in [6.45, 7) is 0. The third-order valence-corrected chi connectivity index (χ3v) is 3.87. The van der Waals surface area contributed by atoms with Crippen LogP contribution in [0, 0.1) is 0 Å². The van der Waals surface area contributed by atoms with E-state index in [1.165, 1.54) is 0 Å². The average Bonchev–Trinajstić information content (AvgIpc) is 2.61. The van der Waals surface area contributed by atoms with Crippen LogP contribution < -0.4 is 28.7 Å². The third kappa shape index (κ3) is 3.13. The maximum Gasteiger partial charge on any atom is 1.00 e. The molecule has 0 spiro atoms.